The minimum atomic E-state index is 0.267. The standard InChI is InChI=1S/C3H4N2OS/c4-3-2(7)1-5-6-3/h1,7H,4H2. The van der Waals surface area contributed by atoms with Gasteiger partial charge in [-0.1, -0.05) is 5.16 Å². The molecule has 0 bridgehead atoms. The average Bonchev–Trinajstić information content (AvgIpc) is 1.91. The van der Waals surface area contributed by atoms with E-state index in [1.165, 1.54) is 6.20 Å². The molecule has 1 rings (SSSR count). The molecule has 0 unspecified atom stereocenters. The largest absolute Gasteiger partial charge is 0.367 e. The van der Waals surface area contributed by atoms with Crippen molar-refractivity contribution < 1.29 is 4.52 Å². The molecule has 2 N–H and O–H groups in total. The molecule has 0 amide bonds. The molecule has 4 heteroatoms. The Hall–Kier alpha value is -0.640. The molecule has 0 aromatic carbocycles. The van der Waals surface area contributed by atoms with E-state index in [0.717, 1.165) is 0 Å². The molecule has 0 aliphatic rings. The maximum Gasteiger partial charge on any atom is 0.235 e. The number of rotatable bonds is 0. The van der Waals surface area contributed by atoms with Gasteiger partial charge in [-0.15, -0.1) is 12.6 Å². The number of hydrogen-bond donors (Lipinski definition) is 2. The Morgan fingerprint density at radius 3 is 2.71 bits per heavy atom. The van der Waals surface area contributed by atoms with Gasteiger partial charge >= 0.3 is 0 Å². The lowest BCUT2D eigenvalue weighted by atomic mass is 10.7. The highest BCUT2D eigenvalue weighted by molar-refractivity contribution is 7.80. The van der Waals surface area contributed by atoms with Crippen LogP contribution in [0.4, 0.5) is 5.88 Å². The summed E-state index contributed by atoms with van der Waals surface area (Å²) < 4.78 is 4.42. The van der Waals surface area contributed by atoms with Crippen LogP contribution in [0.2, 0.25) is 0 Å². The molecule has 0 saturated carbocycles. The van der Waals surface area contributed by atoms with E-state index in [9.17, 15) is 0 Å². The zero-order chi connectivity index (χ0) is 5.28. The number of anilines is 1. The van der Waals surface area contributed by atoms with Gasteiger partial charge in [0.05, 0.1) is 11.1 Å². The van der Waals surface area contributed by atoms with Crippen molar-refractivity contribution in [2.45, 2.75) is 4.90 Å². The number of nitrogen functional groups attached to an aromatic ring is 1. The van der Waals surface area contributed by atoms with Crippen LogP contribution >= 0.6 is 12.6 Å². The summed E-state index contributed by atoms with van der Waals surface area (Å²) in [5.41, 5.74) is 5.13. The average molecular weight is 116 g/mol. The minimum Gasteiger partial charge on any atom is -0.367 e. The van der Waals surface area contributed by atoms with Gasteiger partial charge in [-0.3, -0.25) is 0 Å². The Labute approximate surface area is 45.9 Å². The predicted molar refractivity (Wildman–Crippen MR) is 28.2 cm³/mol. The Morgan fingerprint density at radius 2 is 2.57 bits per heavy atom. The topological polar surface area (TPSA) is 52.0 Å². The third-order valence-corrected chi connectivity index (χ3v) is 0.914. The SMILES string of the molecule is Nc1oncc1S. The predicted octanol–water partition coefficient (Wildman–Crippen LogP) is 0.546. The van der Waals surface area contributed by atoms with E-state index < -0.39 is 0 Å². The van der Waals surface area contributed by atoms with Crippen LogP contribution in [0.3, 0.4) is 0 Å². The van der Waals surface area contributed by atoms with Crippen LogP contribution < -0.4 is 5.73 Å². The molecule has 0 fully saturated rings. The van der Waals surface area contributed by atoms with Crippen molar-refractivity contribution >= 4 is 18.5 Å². The summed E-state index contributed by atoms with van der Waals surface area (Å²) in [7, 11) is 0. The van der Waals surface area contributed by atoms with Crippen LogP contribution in [0, 0.1) is 0 Å². The number of nitrogens with two attached hydrogens (primary N) is 1. The third kappa shape index (κ3) is 0.691. The molecule has 7 heavy (non-hydrogen) atoms. The van der Waals surface area contributed by atoms with Crippen LogP contribution in [0.25, 0.3) is 0 Å². The van der Waals surface area contributed by atoms with Gasteiger partial charge in [0.25, 0.3) is 0 Å². The Kier molecular flexibility index (Phi) is 0.941. The lowest BCUT2D eigenvalue weighted by molar-refractivity contribution is 0.435. The van der Waals surface area contributed by atoms with Crippen LogP contribution in [-0.2, 0) is 0 Å². The Morgan fingerprint density at radius 1 is 1.86 bits per heavy atom. The van der Waals surface area contributed by atoms with Gasteiger partial charge < -0.3 is 10.3 Å². The molecule has 0 spiro atoms. The van der Waals surface area contributed by atoms with Crippen LogP contribution in [0.5, 0.6) is 0 Å². The van der Waals surface area contributed by atoms with Gasteiger partial charge in [0.2, 0.25) is 5.88 Å². The Balaban J connectivity index is 3.12. The number of hydrogen-bond acceptors (Lipinski definition) is 4. The van der Waals surface area contributed by atoms with Crippen molar-refractivity contribution in [1.29, 1.82) is 0 Å². The molecule has 1 aromatic heterocycles. The van der Waals surface area contributed by atoms with E-state index in [2.05, 4.69) is 22.3 Å². The van der Waals surface area contributed by atoms with E-state index in [4.69, 9.17) is 5.73 Å². The molecular formula is C3H4N2OS. The maximum atomic E-state index is 5.13. The van der Waals surface area contributed by atoms with Gasteiger partial charge in [0.15, 0.2) is 0 Å². The van der Waals surface area contributed by atoms with Crippen LogP contribution in [0.1, 0.15) is 0 Å². The summed E-state index contributed by atoms with van der Waals surface area (Å²) in [5.74, 6) is 0.267. The molecule has 0 aliphatic carbocycles. The minimum absolute atomic E-state index is 0.267. The van der Waals surface area contributed by atoms with Crippen molar-refractivity contribution in [3.05, 3.63) is 6.20 Å². The molecule has 38 valence electrons. The quantitative estimate of drug-likeness (QED) is 0.486. The maximum absolute atomic E-state index is 5.13. The summed E-state index contributed by atoms with van der Waals surface area (Å²) in [4.78, 5) is 0.583. The van der Waals surface area contributed by atoms with Crippen molar-refractivity contribution in [1.82, 2.24) is 5.16 Å². The third-order valence-electron chi connectivity index (χ3n) is 0.578. The van der Waals surface area contributed by atoms with Crippen molar-refractivity contribution in [3.63, 3.8) is 0 Å². The highest BCUT2D eigenvalue weighted by atomic mass is 32.1. The van der Waals surface area contributed by atoms with Crippen LogP contribution in [-0.4, -0.2) is 5.16 Å². The number of nitrogens with zero attached hydrogens (tertiary/aromatic N) is 1. The fraction of sp³-hybridized carbons (Fsp3) is 0. The lowest BCUT2D eigenvalue weighted by Crippen LogP contribution is -1.78. The first-order valence-corrected chi connectivity index (χ1v) is 2.14. The van der Waals surface area contributed by atoms with Crippen molar-refractivity contribution in [2.75, 3.05) is 5.73 Å². The van der Waals surface area contributed by atoms with Crippen LogP contribution in [0.15, 0.2) is 15.6 Å². The second-order valence-electron chi connectivity index (χ2n) is 1.08. The van der Waals surface area contributed by atoms with E-state index in [-0.39, 0.29) is 5.88 Å². The molecule has 1 aromatic rings. The van der Waals surface area contributed by atoms with E-state index in [1.807, 2.05) is 0 Å². The van der Waals surface area contributed by atoms with Gasteiger partial charge in [0.1, 0.15) is 0 Å². The second kappa shape index (κ2) is 1.46. The van der Waals surface area contributed by atoms with E-state index in [0.29, 0.717) is 4.90 Å². The normalized spacial score (nSPS) is 9.29. The zero-order valence-corrected chi connectivity index (χ0v) is 4.35. The number of aromatic nitrogens is 1. The molecule has 0 radical (unpaired) electrons. The molecule has 0 aliphatic heterocycles. The molecule has 1 heterocycles. The van der Waals surface area contributed by atoms with Gasteiger partial charge in [-0.2, -0.15) is 0 Å². The van der Waals surface area contributed by atoms with E-state index in [1.54, 1.807) is 0 Å². The lowest BCUT2D eigenvalue weighted by Gasteiger charge is -1.75. The van der Waals surface area contributed by atoms with Crippen molar-refractivity contribution in [2.24, 2.45) is 0 Å². The number of thiol groups is 1. The first kappa shape index (κ1) is 4.52. The Bertz CT molecular complexity index is 145. The van der Waals surface area contributed by atoms with E-state index >= 15 is 0 Å². The van der Waals surface area contributed by atoms with Crippen molar-refractivity contribution in [3.8, 4) is 0 Å². The molecular weight excluding hydrogens is 112 g/mol. The molecule has 0 saturated heterocycles. The molecule has 0 atom stereocenters. The second-order valence-corrected chi connectivity index (χ2v) is 1.56. The summed E-state index contributed by atoms with van der Waals surface area (Å²) >= 11 is 3.87. The smallest absolute Gasteiger partial charge is 0.235 e. The summed E-state index contributed by atoms with van der Waals surface area (Å²) in [5, 5.41) is 3.34. The molecule has 3 nitrogen and oxygen atoms in total. The summed E-state index contributed by atoms with van der Waals surface area (Å²) in [6, 6.07) is 0. The summed E-state index contributed by atoms with van der Waals surface area (Å²) in [6.45, 7) is 0. The van der Waals surface area contributed by atoms with Gasteiger partial charge in [-0.25, -0.2) is 0 Å². The zero-order valence-electron chi connectivity index (χ0n) is 3.46. The van der Waals surface area contributed by atoms with Gasteiger partial charge in [0, 0.05) is 0 Å². The highest BCUT2D eigenvalue weighted by Crippen LogP contribution is 2.12. The highest BCUT2D eigenvalue weighted by Gasteiger charge is 1.93. The fourth-order valence-corrected chi connectivity index (χ4v) is 0.331. The van der Waals surface area contributed by atoms with Gasteiger partial charge in [-0.05, 0) is 0 Å². The fourth-order valence-electron chi connectivity index (χ4n) is 0.243. The first-order valence-electron chi connectivity index (χ1n) is 1.70. The summed E-state index contributed by atoms with van der Waals surface area (Å²) in [6.07, 6.45) is 1.44. The monoisotopic (exact) mass is 116 g/mol. The first-order chi connectivity index (χ1) is 3.30.